The van der Waals surface area contributed by atoms with E-state index in [9.17, 15) is 0 Å². The predicted molar refractivity (Wildman–Crippen MR) is 191 cm³/mol. The van der Waals surface area contributed by atoms with Gasteiger partial charge in [-0.05, 0) is 66.8 Å². The van der Waals surface area contributed by atoms with E-state index in [0.29, 0.717) is 6.54 Å². The van der Waals surface area contributed by atoms with Gasteiger partial charge in [-0.15, -0.1) is 0 Å². The average molecular weight is 589 g/mol. The number of furan rings is 1. The highest BCUT2D eigenvalue weighted by molar-refractivity contribution is 5.93. The van der Waals surface area contributed by atoms with E-state index < -0.39 is 0 Å². The molecule has 1 aliphatic rings. The van der Waals surface area contributed by atoms with E-state index >= 15 is 0 Å². The molecule has 0 fully saturated rings. The number of allylic oxidation sites excluding steroid dienone is 7. The van der Waals surface area contributed by atoms with Gasteiger partial charge in [0.25, 0.3) is 0 Å². The summed E-state index contributed by atoms with van der Waals surface area (Å²) in [6.07, 6.45) is 15.1. The van der Waals surface area contributed by atoms with E-state index in [-0.39, 0.29) is 0 Å². The van der Waals surface area contributed by atoms with Gasteiger partial charge in [-0.2, -0.15) is 0 Å². The van der Waals surface area contributed by atoms with Crippen molar-refractivity contribution in [3.05, 3.63) is 186 Å². The fraction of sp³-hybridized carbons (Fsp3) is 0.143. The van der Waals surface area contributed by atoms with Crippen molar-refractivity contribution in [3.63, 3.8) is 0 Å². The van der Waals surface area contributed by atoms with Crippen LogP contribution < -0.4 is 9.80 Å². The highest BCUT2D eigenvalue weighted by Gasteiger charge is 2.21. The molecule has 0 unspecified atom stereocenters. The number of hydrogen-bond acceptors (Lipinski definition) is 3. The van der Waals surface area contributed by atoms with Gasteiger partial charge < -0.3 is 14.2 Å². The molecule has 2 heterocycles. The first-order chi connectivity index (χ1) is 22.1. The van der Waals surface area contributed by atoms with E-state index in [1.807, 2.05) is 0 Å². The van der Waals surface area contributed by atoms with Crippen molar-refractivity contribution in [2.24, 2.45) is 0 Å². The Morgan fingerprint density at radius 1 is 0.667 bits per heavy atom. The number of fused-ring (bicyclic) bond motifs is 2. The maximum atomic E-state index is 6.70. The molecule has 0 spiro atoms. The number of anilines is 3. The number of para-hydroxylation sites is 3. The second kappa shape index (κ2) is 14.0. The SMILES string of the molecule is C=C1/C=C\Cc2ccccc2N(c2ccccc2)CCN(c2cccc3c(C)c(Cc4ccccc4)oc23)C(=C)/C=C\C=C/C1. The van der Waals surface area contributed by atoms with Crippen LogP contribution in [0, 0.1) is 6.92 Å². The van der Waals surface area contributed by atoms with Crippen LogP contribution in [-0.4, -0.2) is 13.1 Å². The molecule has 3 nitrogen and oxygen atoms in total. The Labute approximate surface area is 267 Å². The molecule has 0 saturated heterocycles. The lowest BCUT2D eigenvalue weighted by Crippen LogP contribution is -2.32. The molecule has 0 radical (unpaired) electrons. The van der Waals surface area contributed by atoms with Gasteiger partial charge in [0.15, 0.2) is 5.58 Å². The van der Waals surface area contributed by atoms with Crippen molar-refractivity contribution in [2.75, 3.05) is 22.9 Å². The first-order valence-corrected chi connectivity index (χ1v) is 15.7. The molecule has 0 atom stereocenters. The second-order valence-corrected chi connectivity index (χ2v) is 11.5. The molecule has 6 rings (SSSR count). The molecular formula is C42H40N2O. The third-order valence-electron chi connectivity index (χ3n) is 8.39. The lowest BCUT2D eigenvalue weighted by molar-refractivity contribution is 0.558. The normalized spacial score (nSPS) is 16.8. The Balaban J connectivity index is 1.43. The first kappa shape index (κ1) is 29.8. The molecule has 224 valence electrons. The zero-order valence-corrected chi connectivity index (χ0v) is 26.0. The van der Waals surface area contributed by atoms with Crippen molar-refractivity contribution in [1.82, 2.24) is 0 Å². The quantitative estimate of drug-likeness (QED) is 0.208. The summed E-state index contributed by atoms with van der Waals surface area (Å²) in [4.78, 5) is 4.72. The summed E-state index contributed by atoms with van der Waals surface area (Å²) < 4.78 is 6.70. The van der Waals surface area contributed by atoms with Gasteiger partial charge in [0.1, 0.15) is 5.76 Å². The van der Waals surface area contributed by atoms with Crippen LogP contribution in [0.1, 0.15) is 28.9 Å². The van der Waals surface area contributed by atoms with Gasteiger partial charge >= 0.3 is 0 Å². The molecule has 1 aromatic heterocycles. The van der Waals surface area contributed by atoms with Crippen molar-refractivity contribution >= 4 is 28.0 Å². The van der Waals surface area contributed by atoms with Gasteiger partial charge in [-0.25, -0.2) is 0 Å². The molecule has 3 heteroatoms. The Bertz CT molecular complexity index is 1870. The number of rotatable bonds is 4. The zero-order valence-electron chi connectivity index (χ0n) is 26.0. The van der Waals surface area contributed by atoms with E-state index in [1.165, 1.54) is 22.4 Å². The van der Waals surface area contributed by atoms with Crippen LogP contribution in [0.25, 0.3) is 11.0 Å². The topological polar surface area (TPSA) is 19.6 Å². The molecule has 5 aromatic rings. The molecule has 0 aliphatic carbocycles. The van der Waals surface area contributed by atoms with Gasteiger partial charge in [0.05, 0.1) is 5.69 Å². The van der Waals surface area contributed by atoms with Crippen LogP contribution in [0.3, 0.4) is 0 Å². The predicted octanol–water partition coefficient (Wildman–Crippen LogP) is 10.7. The lowest BCUT2D eigenvalue weighted by atomic mass is 10.1. The minimum absolute atomic E-state index is 0.704. The van der Waals surface area contributed by atoms with Crippen molar-refractivity contribution < 1.29 is 4.42 Å². The van der Waals surface area contributed by atoms with Crippen LogP contribution in [0.2, 0.25) is 0 Å². The third-order valence-corrected chi connectivity index (χ3v) is 8.39. The van der Waals surface area contributed by atoms with Gasteiger partial charge in [-0.1, -0.05) is 128 Å². The second-order valence-electron chi connectivity index (χ2n) is 11.5. The Morgan fingerprint density at radius 2 is 1.38 bits per heavy atom. The maximum Gasteiger partial charge on any atom is 0.158 e. The molecule has 45 heavy (non-hydrogen) atoms. The molecule has 0 bridgehead atoms. The molecule has 1 aliphatic heterocycles. The number of nitrogens with zero attached hydrogens (tertiary/aromatic N) is 2. The summed E-state index contributed by atoms with van der Waals surface area (Å²) in [6.45, 7) is 12.4. The monoisotopic (exact) mass is 588 g/mol. The molecule has 0 saturated carbocycles. The Morgan fingerprint density at radius 3 is 2.20 bits per heavy atom. The van der Waals surface area contributed by atoms with E-state index in [2.05, 4.69) is 169 Å². The molecular weight excluding hydrogens is 548 g/mol. The van der Waals surface area contributed by atoms with E-state index in [1.54, 1.807) is 0 Å². The van der Waals surface area contributed by atoms with Crippen molar-refractivity contribution in [1.29, 1.82) is 0 Å². The van der Waals surface area contributed by atoms with Crippen LogP contribution >= 0.6 is 0 Å². The van der Waals surface area contributed by atoms with E-state index in [4.69, 9.17) is 4.42 Å². The largest absolute Gasteiger partial charge is 0.458 e. The smallest absolute Gasteiger partial charge is 0.158 e. The zero-order chi connectivity index (χ0) is 31.0. The van der Waals surface area contributed by atoms with Crippen molar-refractivity contribution in [2.45, 2.75) is 26.2 Å². The summed E-state index contributed by atoms with van der Waals surface area (Å²) in [6, 6.07) is 36.3. The minimum Gasteiger partial charge on any atom is -0.458 e. The fourth-order valence-corrected chi connectivity index (χ4v) is 5.98. The average Bonchev–Trinajstić information content (AvgIpc) is 3.38. The van der Waals surface area contributed by atoms with Crippen LogP contribution in [0.5, 0.6) is 0 Å². The maximum absolute atomic E-state index is 6.70. The summed E-state index contributed by atoms with van der Waals surface area (Å²) >= 11 is 0. The highest BCUT2D eigenvalue weighted by atomic mass is 16.3. The number of benzene rings is 4. The van der Waals surface area contributed by atoms with Crippen molar-refractivity contribution in [3.8, 4) is 0 Å². The Hall–Kier alpha value is -5.28. The standard InChI is InChI=1S/C42H40N2O/c1-32-17-7-4-8-19-33(2)43(40-28-16-26-38-34(3)41(45-42(38)40)31-35-20-9-5-10-21-35)29-30-44(37-24-11-6-12-25-37)39-27-14-13-22-36(39)23-15-18-32/h4-16,18-22,24-28H,1-2,17,23,29-31H2,3H3/b7-4-,18-15-,19-8-. The molecule has 0 N–H and O–H groups in total. The summed E-state index contributed by atoms with van der Waals surface area (Å²) in [5.41, 5.74) is 9.94. The minimum atomic E-state index is 0.704. The number of hydrogen-bond donors (Lipinski definition) is 0. The molecule has 4 aromatic carbocycles. The summed E-state index contributed by atoms with van der Waals surface area (Å²) in [7, 11) is 0. The van der Waals surface area contributed by atoms with Gasteiger partial charge in [0.2, 0.25) is 0 Å². The summed E-state index contributed by atoms with van der Waals surface area (Å²) in [5, 5.41) is 1.14. The Kier molecular flexibility index (Phi) is 9.27. The van der Waals surface area contributed by atoms with Gasteiger partial charge in [0, 0.05) is 42.0 Å². The van der Waals surface area contributed by atoms with Gasteiger partial charge in [-0.3, -0.25) is 0 Å². The number of aryl methyl sites for hydroxylation is 1. The summed E-state index contributed by atoms with van der Waals surface area (Å²) in [5.74, 6) is 0.996. The lowest BCUT2D eigenvalue weighted by Gasteiger charge is -2.32. The third kappa shape index (κ3) is 6.94. The van der Waals surface area contributed by atoms with Crippen LogP contribution in [-0.2, 0) is 12.8 Å². The van der Waals surface area contributed by atoms with Crippen LogP contribution in [0.15, 0.2) is 168 Å². The molecule has 0 amide bonds. The van der Waals surface area contributed by atoms with Crippen LogP contribution in [0.4, 0.5) is 17.1 Å². The highest BCUT2D eigenvalue weighted by Crippen LogP contribution is 2.36. The fourth-order valence-electron chi connectivity index (χ4n) is 5.98. The first-order valence-electron chi connectivity index (χ1n) is 15.7. The van der Waals surface area contributed by atoms with E-state index in [0.717, 1.165) is 65.2 Å².